The van der Waals surface area contributed by atoms with Crippen molar-refractivity contribution in [1.29, 1.82) is 0 Å². The summed E-state index contributed by atoms with van der Waals surface area (Å²) >= 11 is 0. The summed E-state index contributed by atoms with van der Waals surface area (Å²) in [6, 6.07) is 20.4. The number of rotatable bonds is 4. The second-order valence-corrected chi connectivity index (χ2v) is 4.02. The second-order valence-electron chi connectivity index (χ2n) is 4.02. The second kappa shape index (κ2) is 6.41. The van der Waals surface area contributed by atoms with E-state index < -0.39 is 0 Å². The molecule has 18 heavy (non-hydrogen) atoms. The van der Waals surface area contributed by atoms with Crippen LogP contribution in [0.25, 0.3) is 11.6 Å². The molecule has 0 aliphatic rings. The maximum absolute atomic E-state index is 4.05. The Balaban J connectivity index is 1.96. The molecule has 0 aliphatic carbocycles. The Hall–Kier alpha value is -2.34. The summed E-state index contributed by atoms with van der Waals surface area (Å²) in [6.07, 6.45) is 8.15. The van der Waals surface area contributed by atoms with Gasteiger partial charge in [0, 0.05) is 0 Å². The van der Waals surface area contributed by atoms with Crippen LogP contribution in [-0.4, -0.2) is 0 Å². The van der Waals surface area contributed by atoms with Gasteiger partial charge in [0.15, 0.2) is 0 Å². The lowest BCUT2D eigenvalue weighted by molar-refractivity contribution is 1.63. The van der Waals surface area contributed by atoms with E-state index in [9.17, 15) is 0 Å². The highest BCUT2D eigenvalue weighted by Crippen LogP contribution is 2.12. The third kappa shape index (κ3) is 3.60. The van der Waals surface area contributed by atoms with Crippen LogP contribution in [0.3, 0.4) is 0 Å². The highest BCUT2D eigenvalue weighted by Gasteiger charge is 1.90. The molecule has 0 heterocycles. The maximum Gasteiger partial charge on any atom is -0.0190 e. The lowest BCUT2D eigenvalue weighted by Crippen LogP contribution is -1.76. The molecule has 0 saturated carbocycles. The average molecular weight is 232 g/mol. The van der Waals surface area contributed by atoms with Gasteiger partial charge < -0.3 is 0 Å². The molecule has 0 nitrogen and oxygen atoms in total. The Morgan fingerprint density at radius 1 is 0.778 bits per heavy atom. The van der Waals surface area contributed by atoms with E-state index >= 15 is 0 Å². The van der Waals surface area contributed by atoms with Crippen molar-refractivity contribution in [3.63, 3.8) is 0 Å². The predicted molar refractivity (Wildman–Crippen MR) is 80.1 cm³/mol. The fourth-order valence-electron chi connectivity index (χ4n) is 1.65. The molecule has 0 unspecified atom stereocenters. The largest absolute Gasteiger partial charge is 0.0912 e. The topological polar surface area (TPSA) is 0 Å². The van der Waals surface area contributed by atoms with Crippen molar-refractivity contribution in [2.24, 2.45) is 0 Å². The minimum atomic E-state index is 1.02. The molecular weight excluding hydrogens is 216 g/mol. The molecule has 0 aromatic heterocycles. The quantitative estimate of drug-likeness (QED) is 0.653. The minimum Gasteiger partial charge on any atom is -0.0912 e. The first kappa shape index (κ1) is 12.1. The Kier molecular flexibility index (Phi) is 4.32. The number of benzene rings is 2. The molecule has 0 aliphatic heterocycles. The minimum absolute atomic E-state index is 1.02. The average Bonchev–Trinajstić information content (AvgIpc) is 2.45. The van der Waals surface area contributed by atoms with Crippen LogP contribution >= 0.6 is 0 Å². The Bertz CT molecular complexity index is 545. The van der Waals surface area contributed by atoms with E-state index in [2.05, 4.69) is 36.9 Å². The lowest BCUT2D eigenvalue weighted by atomic mass is 10.1. The molecule has 88 valence electrons. The standard InChI is InChI=1S/C18H16/c1-16(18-14-6-3-7-15-18)10-8-9-13-17-11-4-2-5-12-17/h2-15H,1H2/b10-8+,13-9+. The van der Waals surface area contributed by atoms with Gasteiger partial charge >= 0.3 is 0 Å². The van der Waals surface area contributed by atoms with Crippen molar-refractivity contribution in [1.82, 2.24) is 0 Å². The van der Waals surface area contributed by atoms with Gasteiger partial charge in [-0.1, -0.05) is 91.5 Å². The van der Waals surface area contributed by atoms with Crippen molar-refractivity contribution in [2.45, 2.75) is 0 Å². The third-order valence-corrected chi connectivity index (χ3v) is 2.64. The van der Waals surface area contributed by atoms with Gasteiger partial charge in [0.1, 0.15) is 0 Å². The Morgan fingerprint density at radius 2 is 1.39 bits per heavy atom. The van der Waals surface area contributed by atoms with Crippen LogP contribution < -0.4 is 0 Å². The van der Waals surface area contributed by atoms with Gasteiger partial charge in [0.25, 0.3) is 0 Å². The monoisotopic (exact) mass is 232 g/mol. The van der Waals surface area contributed by atoms with Crippen molar-refractivity contribution in [3.8, 4) is 0 Å². The van der Waals surface area contributed by atoms with Crippen molar-refractivity contribution < 1.29 is 0 Å². The first-order valence-corrected chi connectivity index (χ1v) is 6.00. The normalized spacial score (nSPS) is 11.1. The zero-order chi connectivity index (χ0) is 12.6. The van der Waals surface area contributed by atoms with Crippen LogP contribution in [0.1, 0.15) is 11.1 Å². The first-order valence-electron chi connectivity index (χ1n) is 6.00. The highest BCUT2D eigenvalue weighted by atomic mass is 14.0. The predicted octanol–water partition coefficient (Wildman–Crippen LogP) is 4.97. The molecule has 0 spiro atoms. The molecule has 0 heteroatoms. The van der Waals surface area contributed by atoms with Crippen molar-refractivity contribution in [2.75, 3.05) is 0 Å². The van der Waals surface area contributed by atoms with E-state index in [-0.39, 0.29) is 0 Å². The number of hydrogen-bond donors (Lipinski definition) is 0. The molecule has 0 radical (unpaired) electrons. The van der Waals surface area contributed by atoms with Gasteiger partial charge in [-0.05, 0) is 16.7 Å². The summed E-state index contributed by atoms with van der Waals surface area (Å²) in [4.78, 5) is 0. The SMILES string of the molecule is C=C(/C=C/C=C/c1ccccc1)c1ccccc1. The van der Waals surface area contributed by atoms with E-state index in [4.69, 9.17) is 0 Å². The van der Waals surface area contributed by atoms with E-state index in [1.165, 1.54) is 5.56 Å². The zero-order valence-electron chi connectivity index (χ0n) is 10.3. The molecule has 0 bridgehead atoms. The molecular formula is C18H16. The molecule has 0 N–H and O–H groups in total. The molecule has 2 aromatic carbocycles. The van der Waals surface area contributed by atoms with Gasteiger partial charge in [0.2, 0.25) is 0 Å². The van der Waals surface area contributed by atoms with Gasteiger partial charge in [0.05, 0.1) is 0 Å². The van der Waals surface area contributed by atoms with Gasteiger partial charge in [-0.25, -0.2) is 0 Å². The summed E-state index contributed by atoms with van der Waals surface area (Å²) in [5.41, 5.74) is 3.38. The molecule has 0 amide bonds. The van der Waals surface area contributed by atoms with E-state index in [1.54, 1.807) is 0 Å². The van der Waals surface area contributed by atoms with Crippen molar-refractivity contribution >= 4 is 11.6 Å². The summed E-state index contributed by atoms with van der Waals surface area (Å²) in [5.74, 6) is 0. The molecule has 2 aromatic rings. The first-order chi connectivity index (χ1) is 8.86. The molecule has 0 saturated heterocycles. The smallest absolute Gasteiger partial charge is 0.0190 e. The summed E-state index contributed by atoms with van der Waals surface area (Å²) < 4.78 is 0. The maximum atomic E-state index is 4.05. The van der Waals surface area contributed by atoms with Crippen molar-refractivity contribution in [3.05, 3.63) is 96.6 Å². The third-order valence-electron chi connectivity index (χ3n) is 2.64. The summed E-state index contributed by atoms with van der Waals surface area (Å²) in [5, 5.41) is 0. The number of hydrogen-bond acceptors (Lipinski definition) is 0. The van der Waals surface area contributed by atoms with E-state index in [0.717, 1.165) is 11.1 Å². The van der Waals surface area contributed by atoms with Crippen LogP contribution in [0.15, 0.2) is 85.5 Å². The Labute approximate surface area is 109 Å². The highest BCUT2D eigenvalue weighted by molar-refractivity contribution is 5.72. The zero-order valence-corrected chi connectivity index (χ0v) is 10.3. The van der Waals surface area contributed by atoms with Gasteiger partial charge in [-0.3, -0.25) is 0 Å². The van der Waals surface area contributed by atoms with Crippen LogP contribution in [0.2, 0.25) is 0 Å². The summed E-state index contributed by atoms with van der Waals surface area (Å²) in [7, 11) is 0. The molecule has 0 fully saturated rings. The fourth-order valence-corrected chi connectivity index (χ4v) is 1.65. The Morgan fingerprint density at radius 3 is 2.06 bits per heavy atom. The molecule has 2 rings (SSSR count). The molecule has 0 atom stereocenters. The summed E-state index contributed by atoms with van der Waals surface area (Å²) in [6.45, 7) is 4.05. The fraction of sp³-hybridized carbons (Fsp3) is 0. The van der Waals surface area contributed by atoms with Crippen LogP contribution in [-0.2, 0) is 0 Å². The van der Waals surface area contributed by atoms with E-state index in [0.29, 0.717) is 0 Å². The van der Waals surface area contributed by atoms with Crippen LogP contribution in [0.4, 0.5) is 0 Å². The van der Waals surface area contributed by atoms with E-state index in [1.807, 2.05) is 54.6 Å². The van der Waals surface area contributed by atoms with Crippen LogP contribution in [0.5, 0.6) is 0 Å². The van der Waals surface area contributed by atoms with Gasteiger partial charge in [-0.2, -0.15) is 0 Å². The van der Waals surface area contributed by atoms with Gasteiger partial charge in [-0.15, -0.1) is 0 Å². The number of allylic oxidation sites excluding steroid dienone is 4. The lowest BCUT2D eigenvalue weighted by Gasteiger charge is -1.97. The van der Waals surface area contributed by atoms with Crippen LogP contribution in [0, 0.1) is 0 Å².